The number of hydrogen-bond donors (Lipinski definition) is 1. The predicted molar refractivity (Wildman–Crippen MR) is 110 cm³/mol. The Morgan fingerprint density at radius 3 is 2.55 bits per heavy atom. The van der Waals surface area contributed by atoms with Gasteiger partial charge in [0.2, 0.25) is 15.9 Å². The third-order valence-electron chi connectivity index (χ3n) is 5.37. The van der Waals surface area contributed by atoms with Gasteiger partial charge >= 0.3 is 0 Å². The molecule has 2 aliphatic rings. The van der Waals surface area contributed by atoms with Gasteiger partial charge in [-0.15, -0.1) is 0 Å². The Balaban J connectivity index is 1.58. The highest BCUT2D eigenvalue weighted by Crippen LogP contribution is 2.30. The number of hydrogen-bond acceptors (Lipinski definition) is 4. The maximum absolute atomic E-state index is 13.0. The molecule has 0 bridgehead atoms. The van der Waals surface area contributed by atoms with Crippen LogP contribution in [0.15, 0.2) is 53.4 Å². The quantitative estimate of drug-likeness (QED) is 0.838. The minimum absolute atomic E-state index is 0.0818. The van der Waals surface area contributed by atoms with E-state index >= 15 is 0 Å². The second-order valence-corrected chi connectivity index (χ2v) is 9.53. The van der Waals surface area contributed by atoms with Gasteiger partial charge in [0.05, 0.1) is 16.3 Å². The fourth-order valence-corrected chi connectivity index (χ4v) is 5.45. The molecule has 2 aromatic carbocycles. The zero-order valence-electron chi connectivity index (χ0n) is 16.2. The summed E-state index contributed by atoms with van der Waals surface area (Å²) in [6.07, 6.45) is 1.89. The van der Waals surface area contributed by atoms with Crippen LogP contribution in [-0.4, -0.2) is 44.2 Å². The van der Waals surface area contributed by atoms with E-state index in [1.165, 1.54) is 33.5 Å². The van der Waals surface area contributed by atoms with Crippen molar-refractivity contribution in [3.63, 3.8) is 0 Å². The number of piperidine rings is 1. The van der Waals surface area contributed by atoms with Gasteiger partial charge in [0, 0.05) is 18.7 Å². The van der Waals surface area contributed by atoms with E-state index in [1.54, 1.807) is 24.3 Å². The Morgan fingerprint density at radius 2 is 1.83 bits per heavy atom. The Bertz CT molecular complexity index is 1050. The molecule has 152 valence electrons. The number of rotatable bonds is 3. The molecular weight excluding hydrogens is 390 g/mol. The van der Waals surface area contributed by atoms with Gasteiger partial charge in [0.1, 0.15) is 6.54 Å². The summed E-state index contributed by atoms with van der Waals surface area (Å²) in [5.74, 6) is -0.275. The number of para-hydroxylation sites is 2. The molecule has 8 heteroatoms. The smallest absolute Gasteiger partial charge is 0.258 e. The molecule has 1 atom stereocenters. The van der Waals surface area contributed by atoms with E-state index in [9.17, 15) is 18.0 Å². The topological polar surface area (TPSA) is 86.8 Å². The van der Waals surface area contributed by atoms with Crippen LogP contribution in [-0.2, 0) is 14.8 Å². The molecule has 2 aromatic rings. The lowest BCUT2D eigenvalue weighted by Crippen LogP contribution is -2.42. The third-order valence-corrected chi connectivity index (χ3v) is 7.25. The molecule has 1 N–H and O–H groups in total. The standard InChI is InChI=1S/C21H23N3O4S/c1-15-5-4-12-23(13-15)29(27,28)17-10-8-16(9-11-17)21(26)24-14-20(25)22-18-6-2-3-7-19(18)24/h2-3,6-11,15H,4-5,12-14H2,1H3,(H,22,25)/t15-/m1/s1. The van der Waals surface area contributed by atoms with Gasteiger partial charge < -0.3 is 5.32 Å². The van der Waals surface area contributed by atoms with Crippen molar-refractivity contribution in [3.05, 3.63) is 54.1 Å². The Kier molecular flexibility index (Phi) is 5.14. The summed E-state index contributed by atoms with van der Waals surface area (Å²) >= 11 is 0. The van der Waals surface area contributed by atoms with Gasteiger partial charge in [-0.2, -0.15) is 4.31 Å². The van der Waals surface area contributed by atoms with E-state index in [0.717, 1.165) is 12.8 Å². The summed E-state index contributed by atoms with van der Waals surface area (Å²) in [7, 11) is -3.58. The first-order valence-corrected chi connectivity index (χ1v) is 11.1. The van der Waals surface area contributed by atoms with Crippen LogP contribution in [0.1, 0.15) is 30.1 Å². The van der Waals surface area contributed by atoms with Crippen LogP contribution in [0.5, 0.6) is 0 Å². The van der Waals surface area contributed by atoms with Crippen LogP contribution in [0.25, 0.3) is 0 Å². The van der Waals surface area contributed by atoms with Crippen LogP contribution in [0, 0.1) is 5.92 Å². The number of benzene rings is 2. The Hall–Kier alpha value is -2.71. The summed E-state index contributed by atoms with van der Waals surface area (Å²) in [6, 6.07) is 13.1. The summed E-state index contributed by atoms with van der Waals surface area (Å²) in [4.78, 5) is 26.6. The first-order valence-electron chi connectivity index (χ1n) is 9.67. The number of anilines is 2. The van der Waals surface area contributed by atoms with E-state index in [-0.39, 0.29) is 23.3 Å². The highest BCUT2D eigenvalue weighted by molar-refractivity contribution is 7.89. The second kappa shape index (κ2) is 7.61. The predicted octanol–water partition coefficient (Wildman–Crippen LogP) is 2.71. The molecule has 2 aliphatic heterocycles. The summed E-state index contributed by atoms with van der Waals surface area (Å²) in [5.41, 5.74) is 1.53. The molecule has 4 rings (SSSR count). The number of sulfonamides is 1. The SMILES string of the molecule is C[C@@H]1CCCN(S(=O)(=O)c2ccc(C(=O)N3CC(=O)Nc4ccccc43)cc2)C1. The molecule has 0 radical (unpaired) electrons. The molecule has 29 heavy (non-hydrogen) atoms. The van der Waals surface area contributed by atoms with Crippen LogP contribution >= 0.6 is 0 Å². The van der Waals surface area contributed by atoms with Gasteiger partial charge in [-0.1, -0.05) is 19.1 Å². The maximum Gasteiger partial charge on any atom is 0.258 e. The number of fused-ring (bicyclic) bond motifs is 1. The van der Waals surface area contributed by atoms with Gasteiger partial charge in [0.25, 0.3) is 5.91 Å². The zero-order chi connectivity index (χ0) is 20.6. The number of nitrogens with one attached hydrogen (secondary N) is 1. The first-order chi connectivity index (χ1) is 13.9. The zero-order valence-corrected chi connectivity index (χ0v) is 17.0. The molecule has 0 unspecified atom stereocenters. The van der Waals surface area contributed by atoms with Crippen LogP contribution in [0.2, 0.25) is 0 Å². The average molecular weight is 413 g/mol. The molecular formula is C21H23N3O4S. The molecule has 1 fully saturated rings. The number of carbonyl (C=O) groups excluding carboxylic acids is 2. The number of nitrogens with zero attached hydrogens (tertiary/aromatic N) is 2. The lowest BCUT2D eigenvalue weighted by atomic mass is 10.0. The largest absolute Gasteiger partial charge is 0.323 e. The van der Waals surface area contributed by atoms with Gasteiger partial charge in [-0.25, -0.2) is 8.42 Å². The van der Waals surface area contributed by atoms with E-state index < -0.39 is 10.0 Å². The van der Waals surface area contributed by atoms with E-state index in [0.29, 0.717) is 35.9 Å². The van der Waals surface area contributed by atoms with Crippen molar-refractivity contribution >= 4 is 33.2 Å². The van der Waals surface area contributed by atoms with Crippen molar-refractivity contribution < 1.29 is 18.0 Å². The minimum atomic E-state index is -3.58. The average Bonchev–Trinajstić information content (AvgIpc) is 2.72. The number of carbonyl (C=O) groups is 2. The van der Waals surface area contributed by atoms with Crippen molar-refractivity contribution in [2.45, 2.75) is 24.7 Å². The molecule has 0 aromatic heterocycles. The van der Waals surface area contributed by atoms with E-state index in [4.69, 9.17) is 0 Å². The van der Waals surface area contributed by atoms with Crippen LogP contribution < -0.4 is 10.2 Å². The highest BCUT2D eigenvalue weighted by Gasteiger charge is 2.30. The van der Waals surface area contributed by atoms with Crippen LogP contribution in [0.3, 0.4) is 0 Å². The van der Waals surface area contributed by atoms with Gasteiger partial charge in [-0.3, -0.25) is 14.5 Å². The van der Waals surface area contributed by atoms with Gasteiger partial charge in [0.15, 0.2) is 0 Å². The Morgan fingerprint density at radius 1 is 1.10 bits per heavy atom. The minimum Gasteiger partial charge on any atom is -0.323 e. The maximum atomic E-state index is 13.0. The van der Waals surface area contributed by atoms with E-state index in [1.807, 2.05) is 0 Å². The first kappa shape index (κ1) is 19.6. The normalized spacial score (nSPS) is 20.1. The van der Waals surface area contributed by atoms with Crippen molar-refractivity contribution in [1.29, 1.82) is 0 Å². The van der Waals surface area contributed by atoms with Crippen LogP contribution in [0.4, 0.5) is 11.4 Å². The summed E-state index contributed by atoms with van der Waals surface area (Å²) < 4.78 is 27.3. The van der Waals surface area contributed by atoms with Crippen molar-refractivity contribution in [1.82, 2.24) is 4.31 Å². The summed E-state index contributed by atoms with van der Waals surface area (Å²) in [6.45, 7) is 3.01. The molecule has 0 saturated carbocycles. The molecule has 7 nitrogen and oxygen atoms in total. The lowest BCUT2D eigenvalue weighted by Gasteiger charge is -2.30. The fourth-order valence-electron chi connectivity index (χ4n) is 3.85. The second-order valence-electron chi connectivity index (χ2n) is 7.59. The molecule has 0 aliphatic carbocycles. The molecule has 2 heterocycles. The van der Waals surface area contributed by atoms with Crippen molar-refractivity contribution in [3.8, 4) is 0 Å². The molecule has 0 spiro atoms. The molecule has 2 amide bonds. The molecule has 1 saturated heterocycles. The number of amides is 2. The van der Waals surface area contributed by atoms with Crippen molar-refractivity contribution in [2.75, 3.05) is 29.9 Å². The van der Waals surface area contributed by atoms with Gasteiger partial charge in [-0.05, 0) is 55.2 Å². The van der Waals surface area contributed by atoms with Crippen molar-refractivity contribution in [2.24, 2.45) is 5.92 Å². The highest BCUT2D eigenvalue weighted by atomic mass is 32.2. The van der Waals surface area contributed by atoms with E-state index in [2.05, 4.69) is 12.2 Å². The summed E-state index contributed by atoms with van der Waals surface area (Å²) in [5, 5.41) is 2.75. The fraction of sp³-hybridized carbons (Fsp3) is 0.333. The third kappa shape index (κ3) is 3.77. The monoisotopic (exact) mass is 413 g/mol. The Labute approximate surface area is 170 Å². The lowest BCUT2D eigenvalue weighted by molar-refractivity contribution is -0.115.